The molecule has 0 fully saturated rings. The minimum absolute atomic E-state index is 0.0131. The Hall–Kier alpha value is -2.01. The van der Waals surface area contributed by atoms with Gasteiger partial charge in [-0.25, -0.2) is 4.39 Å². The van der Waals surface area contributed by atoms with Crippen molar-refractivity contribution in [2.75, 3.05) is 13.3 Å². The molecule has 0 aliphatic rings. The summed E-state index contributed by atoms with van der Waals surface area (Å²) in [4.78, 5) is 16.2. The second kappa shape index (κ2) is 8.44. The molecular weight excluding hydrogens is 348 g/mol. The summed E-state index contributed by atoms with van der Waals surface area (Å²) in [6.45, 7) is -0.470. The van der Waals surface area contributed by atoms with Gasteiger partial charge < -0.3 is 4.74 Å². The summed E-state index contributed by atoms with van der Waals surface area (Å²) < 4.78 is 18.1. The van der Waals surface area contributed by atoms with E-state index in [2.05, 4.69) is 20.9 Å². The van der Waals surface area contributed by atoms with Crippen LogP contribution in [0.5, 0.6) is 5.75 Å². The fraction of sp³-hybridized carbons (Fsp3) is 0.176. The van der Waals surface area contributed by atoms with Gasteiger partial charge in [0, 0.05) is 22.7 Å². The highest BCUT2D eigenvalue weighted by molar-refractivity contribution is 9.10. The van der Waals surface area contributed by atoms with Gasteiger partial charge in [0.25, 0.3) is 0 Å². The van der Waals surface area contributed by atoms with E-state index in [-0.39, 0.29) is 18.8 Å². The number of nitrogens with zero attached hydrogens (tertiary/aromatic N) is 1. The van der Waals surface area contributed by atoms with Crippen LogP contribution in [-0.4, -0.2) is 25.3 Å². The van der Waals surface area contributed by atoms with Gasteiger partial charge >= 0.3 is 0 Å². The maximum absolute atomic E-state index is 12.0. The topological polar surface area (TPSA) is 38.7 Å². The third kappa shape index (κ3) is 5.07. The Bertz CT molecular complexity index is 639. The van der Waals surface area contributed by atoms with E-state index in [1.165, 1.54) is 0 Å². The molecule has 0 unspecified atom stereocenters. The molecule has 0 aliphatic heterocycles. The van der Waals surface area contributed by atoms with Crippen LogP contribution in [0.4, 0.5) is 10.1 Å². The van der Waals surface area contributed by atoms with Crippen molar-refractivity contribution in [3.05, 3.63) is 58.6 Å². The van der Waals surface area contributed by atoms with Crippen molar-refractivity contribution < 1.29 is 13.9 Å². The molecule has 0 heterocycles. The molecule has 0 saturated carbocycles. The van der Waals surface area contributed by atoms with Gasteiger partial charge in [0.05, 0.1) is 5.69 Å². The third-order valence-electron chi connectivity index (χ3n) is 2.87. The van der Waals surface area contributed by atoms with Gasteiger partial charge in [-0.3, -0.25) is 9.79 Å². The molecule has 5 heteroatoms. The average molecular weight is 363 g/mol. The van der Waals surface area contributed by atoms with Gasteiger partial charge in [-0.1, -0.05) is 28.1 Å². The minimum Gasteiger partial charge on any atom is -0.491 e. The van der Waals surface area contributed by atoms with Crippen molar-refractivity contribution in [3.63, 3.8) is 0 Å². The van der Waals surface area contributed by atoms with Crippen LogP contribution in [0.1, 0.15) is 16.8 Å². The van der Waals surface area contributed by atoms with Crippen LogP contribution >= 0.6 is 15.9 Å². The average Bonchev–Trinajstić information content (AvgIpc) is 2.54. The molecule has 0 atom stereocenters. The van der Waals surface area contributed by atoms with Crippen LogP contribution in [0.3, 0.4) is 0 Å². The van der Waals surface area contributed by atoms with E-state index in [1.807, 2.05) is 12.1 Å². The first-order valence-corrected chi connectivity index (χ1v) is 7.58. The molecule has 0 spiro atoms. The van der Waals surface area contributed by atoms with Gasteiger partial charge in [0.1, 0.15) is 19.0 Å². The Morgan fingerprint density at radius 1 is 1.14 bits per heavy atom. The molecule has 0 aromatic heterocycles. The summed E-state index contributed by atoms with van der Waals surface area (Å²) in [5.74, 6) is 0.613. The molecule has 114 valence electrons. The quantitative estimate of drug-likeness (QED) is 0.525. The molecule has 2 aromatic carbocycles. The number of ketones is 1. The predicted octanol–water partition coefficient (Wildman–Crippen LogP) is 4.77. The standard InChI is InChI=1S/C17H15BrFNO2/c18-14-3-1-13(2-4-14)17(21)9-11-20-15-5-7-16(8-6-15)22-12-10-19/h1-8,11H,9-10,12H2/i19-1. The number of benzene rings is 2. The molecule has 0 radical (unpaired) electrons. The molecule has 0 N–H and O–H groups in total. The molecule has 2 rings (SSSR count). The van der Waals surface area contributed by atoms with Crippen LogP contribution in [0.25, 0.3) is 0 Å². The summed E-state index contributed by atoms with van der Waals surface area (Å²) in [6.07, 6.45) is 1.82. The number of Topliss-reactive ketones (excluding diaryl/α,β-unsaturated/α-hetero) is 1. The first-order chi connectivity index (χ1) is 10.7. The first-order valence-electron chi connectivity index (χ1n) is 6.79. The number of hydrogen-bond acceptors (Lipinski definition) is 3. The van der Waals surface area contributed by atoms with Crippen LogP contribution in [0.15, 0.2) is 58.0 Å². The van der Waals surface area contributed by atoms with Gasteiger partial charge in [-0.15, -0.1) is 0 Å². The monoisotopic (exact) mass is 362 g/mol. The highest BCUT2D eigenvalue weighted by Gasteiger charge is 2.03. The van der Waals surface area contributed by atoms with Crippen molar-refractivity contribution in [1.29, 1.82) is 0 Å². The molecule has 2 aromatic rings. The number of rotatable bonds is 7. The molecule has 0 bridgehead atoms. The lowest BCUT2D eigenvalue weighted by Crippen LogP contribution is -1.99. The number of carbonyl (C=O) groups is 1. The maximum Gasteiger partial charge on any atom is 0.168 e. The highest BCUT2D eigenvalue weighted by atomic mass is 79.9. The number of alkyl halides is 1. The summed E-state index contributed by atoms with van der Waals surface area (Å²) in [5, 5.41) is 0. The SMILES string of the molecule is O=C(CC=Nc1ccc(OCC[18F])cc1)c1ccc(Br)cc1. The van der Waals surface area contributed by atoms with Crippen LogP contribution in [0, 0.1) is 0 Å². The lowest BCUT2D eigenvalue weighted by atomic mass is 10.1. The Morgan fingerprint density at radius 3 is 2.45 bits per heavy atom. The third-order valence-corrected chi connectivity index (χ3v) is 3.39. The van der Waals surface area contributed by atoms with E-state index < -0.39 is 6.67 Å². The largest absolute Gasteiger partial charge is 0.491 e. The van der Waals surface area contributed by atoms with E-state index in [4.69, 9.17) is 4.74 Å². The second-order valence-electron chi connectivity index (χ2n) is 4.48. The van der Waals surface area contributed by atoms with E-state index in [0.717, 1.165) is 10.2 Å². The molecule has 3 nitrogen and oxygen atoms in total. The summed E-state index contributed by atoms with van der Waals surface area (Å²) >= 11 is 3.33. The van der Waals surface area contributed by atoms with E-state index in [1.54, 1.807) is 42.6 Å². The molecule has 0 saturated heterocycles. The Kier molecular flexibility index (Phi) is 6.27. The van der Waals surface area contributed by atoms with E-state index >= 15 is 0 Å². The Morgan fingerprint density at radius 2 is 1.82 bits per heavy atom. The number of hydrogen-bond donors (Lipinski definition) is 0. The number of carbonyl (C=O) groups excluding carboxylic acids is 1. The van der Waals surface area contributed by atoms with Crippen molar-refractivity contribution in [2.24, 2.45) is 4.99 Å². The smallest absolute Gasteiger partial charge is 0.168 e. The van der Waals surface area contributed by atoms with Gasteiger partial charge in [0.15, 0.2) is 5.78 Å². The fourth-order valence-electron chi connectivity index (χ4n) is 1.77. The van der Waals surface area contributed by atoms with Crippen molar-refractivity contribution >= 4 is 33.6 Å². The second-order valence-corrected chi connectivity index (χ2v) is 5.39. The zero-order valence-corrected chi connectivity index (χ0v) is 13.4. The number of halogens is 2. The zero-order chi connectivity index (χ0) is 15.8. The fourth-order valence-corrected chi connectivity index (χ4v) is 2.04. The Balaban J connectivity index is 1.89. The molecule has 22 heavy (non-hydrogen) atoms. The number of aliphatic imine (C=N–C) groups is 1. The summed E-state index contributed by atoms with van der Waals surface area (Å²) in [6, 6.07) is 14.2. The van der Waals surface area contributed by atoms with Crippen LogP contribution in [0.2, 0.25) is 0 Å². The van der Waals surface area contributed by atoms with E-state index in [9.17, 15) is 9.18 Å². The van der Waals surface area contributed by atoms with Gasteiger partial charge in [0.2, 0.25) is 0 Å². The predicted molar refractivity (Wildman–Crippen MR) is 89.2 cm³/mol. The zero-order valence-electron chi connectivity index (χ0n) is 11.8. The maximum atomic E-state index is 12.0. The van der Waals surface area contributed by atoms with Crippen LogP contribution < -0.4 is 4.74 Å². The molecule has 0 aliphatic carbocycles. The van der Waals surface area contributed by atoms with Crippen molar-refractivity contribution in [2.45, 2.75) is 6.42 Å². The lowest BCUT2D eigenvalue weighted by Gasteiger charge is -2.03. The highest BCUT2D eigenvalue weighted by Crippen LogP contribution is 2.18. The lowest BCUT2D eigenvalue weighted by molar-refractivity contribution is 0.100. The van der Waals surface area contributed by atoms with Crippen molar-refractivity contribution in [1.82, 2.24) is 0 Å². The van der Waals surface area contributed by atoms with Crippen molar-refractivity contribution in [3.8, 4) is 5.75 Å². The Labute approximate surface area is 137 Å². The number of ether oxygens (including phenoxy) is 1. The first kappa shape index (κ1) is 16.4. The minimum atomic E-state index is -0.516. The molecule has 0 amide bonds. The summed E-state index contributed by atoms with van der Waals surface area (Å²) in [7, 11) is 0. The van der Waals surface area contributed by atoms with Gasteiger partial charge in [-0.2, -0.15) is 0 Å². The summed E-state index contributed by atoms with van der Waals surface area (Å²) in [5.41, 5.74) is 1.38. The molecular formula is C17H15BrFNO2. The normalized spacial score (nSPS) is 10.8. The van der Waals surface area contributed by atoms with E-state index in [0.29, 0.717) is 11.3 Å². The van der Waals surface area contributed by atoms with Crippen LogP contribution in [-0.2, 0) is 0 Å². The van der Waals surface area contributed by atoms with Gasteiger partial charge in [-0.05, 0) is 36.4 Å².